The monoisotopic (exact) mass is 148 g/mol. The molecule has 0 fully saturated rings. The Hall–Kier alpha value is 0.0200. The summed E-state index contributed by atoms with van der Waals surface area (Å²) >= 11 is 0. The van der Waals surface area contributed by atoms with Gasteiger partial charge >= 0.3 is 0 Å². The number of hydrogen-bond donors (Lipinski definition) is 2. The van der Waals surface area contributed by atoms with Crippen LogP contribution in [0.5, 0.6) is 0 Å². The van der Waals surface area contributed by atoms with E-state index in [4.69, 9.17) is 0 Å². The lowest BCUT2D eigenvalue weighted by Crippen LogP contribution is -2.39. The maximum absolute atomic E-state index is 10.7. The van der Waals surface area contributed by atoms with Gasteiger partial charge in [-0.1, -0.05) is 9.39 Å². The van der Waals surface area contributed by atoms with Gasteiger partial charge in [0.1, 0.15) is 5.78 Å². The molecule has 0 aliphatic heterocycles. The molecule has 0 bridgehead atoms. The lowest BCUT2D eigenvalue weighted by Gasteiger charge is -2.10. The molecule has 0 saturated heterocycles. The zero-order valence-electron chi connectivity index (χ0n) is 5.77. The maximum Gasteiger partial charge on any atom is 0.147 e. The molecule has 2 unspecified atom stereocenters. The average molecular weight is 148 g/mol. The molecule has 0 aromatic heterocycles. The molecule has 0 radical (unpaired) electrons. The predicted molar refractivity (Wildman–Crippen MR) is 41.2 cm³/mol. The van der Waals surface area contributed by atoms with Gasteiger partial charge in [0.2, 0.25) is 0 Å². The van der Waals surface area contributed by atoms with E-state index in [2.05, 4.69) is 19.8 Å². The minimum atomic E-state index is -0.0532. The van der Waals surface area contributed by atoms with Crippen molar-refractivity contribution in [2.75, 3.05) is 13.6 Å². The molecule has 0 spiro atoms. The topological polar surface area (TPSA) is 41.1 Å². The van der Waals surface area contributed by atoms with Crippen LogP contribution in [0.1, 0.15) is 6.92 Å². The highest BCUT2D eigenvalue weighted by atomic mass is 31.0. The number of Topliss-reactive ketones (excluding diaryl/α,β-unsaturated/α-hetero) is 1. The second kappa shape index (κ2) is 4.86. The molecule has 0 saturated carbocycles. The lowest BCUT2D eigenvalue weighted by molar-refractivity contribution is -0.118. The van der Waals surface area contributed by atoms with Crippen molar-refractivity contribution < 1.29 is 4.79 Å². The van der Waals surface area contributed by atoms with Crippen LogP contribution in [0.2, 0.25) is 0 Å². The van der Waals surface area contributed by atoms with Crippen molar-refractivity contribution in [1.29, 1.82) is 0 Å². The first-order chi connectivity index (χ1) is 4.22. The summed E-state index contributed by atoms with van der Waals surface area (Å²) < 4.78 is 0. The number of ketones is 1. The number of hydrogen-bond acceptors (Lipinski definition) is 3. The van der Waals surface area contributed by atoms with Gasteiger partial charge in [-0.15, -0.1) is 0 Å². The zero-order chi connectivity index (χ0) is 7.28. The third kappa shape index (κ3) is 3.57. The molecule has 0 aromatic carbocycles. The van der Waals surface area contributed by atoms with E-state index in [1.54, 1.807) is 14.0 Å². The summed E-state index contributed by atoms with van der Waals surface area (Å²) in [5.74, 6) is 0.160. The summed E-state index contributed by atoms with van der Waals surface area (Å²) in [5, 5.41) is 5.71. The zero-order valence-corrected chi connectivity index (χ0v) is 6.92. The van der Waals surface area contributed by atoms with Crippen LogP contribution < -0.4 is 10.4 Å². The van der Waals surface area contributed by atoms with Crippen LogP contribution in [0, 0.1) is 0 Å². The molecular weight excluding hydrogens is 135 g/mol. The summed E-state index contributed by atoms with van der Waals surface area (Å²) in [5.41, 5.74) is 0. The van der Waals surface area contributed by atoms with Crippen molar-refractivity contribution in [2.45, 2.75) is 13.0 Å². The molecule has 0 aliphatic carbocycles. The van der Waals surface area contributed by atoms with Crippen molar-refractivity contribution in [3.05, 3.63) is 0 Å². The fourth-order valence-electron chi connectivity index (χ4n) is 0.567. The van der Waals surface area contributed by atoms with E-state index in [0.717, 1.165) is 0 Å². The summed E-state index contributed by atoms with van der Waals surface area (Å²) in [4.78, 5) is 10.7. The van der Waals surface area contributed by atoms with E-state index in [9.17, 15) is 4.79 Å². The first kappa shape index (κ1) is 9.02. The first-order valence-electron chi connectivity index (χ1n) is 2.83. The van der Waals surface area contributed by atoms with Crippen LogP contribution in [0.4, 0.5) is 0 Å². The molecular formula is C5H13N2OP. The first-order valence-corrected chi connectivity index (χ1v) is 3.41. The third-order valence-electron chi connectivity index (χ3n) is 1.16. The van der Waals surface area contributed by atoms with Crippen LogP contribution in [-0.2, 0) is 4.79 Å². The molecule has 0 aliphatic rings. The van der Waals surface area contributed by atoms with Gasteiger partial charge in [0.15, 0.2) is 0 Å². The Morgan fingerprint density at radius 2 is 2.33 bits per heavy atom. The van der Waals surface area contributed by atoms with E-state index < -0.39 is 0 Å². The van der Waals surface area contributed by atoms with Gasteiger partial charge < -0.3 is 5.32 Å². The highest BCUT2D eigenvalue weighted by molar-refractivity contribution is 7.13. The fraction of sp³-hybridized carbons (Fsp3) is 0.800. The Bertz CT molecular complexity index is 97.0. The molecule has 2 atom stereocenters. The van der Waals surface area contributed by atoms with Crippen LogP contribution in [0.3, 0.4) is 0 Å². The molecule has 0 aromatic rings. The Morgan fingerprint density at radius 1 is 1.78 bits per heavy atom. The lowest BCUT2D eigenvalue weighted by atomic mass is 10.2. The number of nitrogens with one attached hydrogen (secondary N) is 2. The van der Waals surface area contributed by atoms with Gasteiger partial charge in [-0.25, -0.2) is 0 Å². The van der Waals surface area contributed by atoms with E-state index in [-0.39, 0.29) is 11.8 Å². The summed E-state index contributed by atoms with van der Waals surface area (Å²) in [6.07, 6.45) is 0. The minimum absolute atomic E-state index is 0.0532. The van der Waals surface area contributed by atoms with E-state index in [1.807, 2.05) is 0 Å². The smallest absolute Gasteiger partial charge is 0.147 e. The second-order valence-electron chi connectivity index (χ2n) is 1.86. The van der Waals surface area contributed by atoms with Gasteiger partial charge in [-0.3, -0.25) is 9.88 Å². The molecule has 0 rings (SSSR count). The number of carbonyl (C=O) groups is 1. The Morgan fingerprint density at radius 3 is 2.44 bits per heavy atom. The number of likely N-dealkylation sites (N-methyl/N-ethyl adjacent to an activating group) is 1. The van der Waals surface area contributed by atoms with Gasteiger partial charge in [-0.2, -0.15) is 0 Å². The average Bonchev–Trinajstić information content (AvgIpc) is 1.82. The maximum atomic E-state index is 10.7. The van der Waals surface area contributed by atoms with Crippen molar-refractivity contribution >= 4 is 15.2 Å². The molecule has 4 heteroatoms. The predicted octanol–water partition coefficient (Wildman–Crippen LogP) is -0.457. The minimum Gasteiger partial charge on any atom is -0.310 e. The Kier molecular flexibility index (Phi) is 4.87. The SMILES string of the molecule is CNC(CNP)C(C)=O. The van der Waals surface area contributed by atoms with Crippen molar-refractivity contribution in [2.24, 2.45) is 0 Å². The third-order valence-corrected chi connectivity index (χ3v) is 1.40. The van der Waals surface area contributed by atoms with Gasteiger partial charge in [0.05, 0.1) is 6.04 Å². The van der Waals surface area contributed by atoms with Gasteiger partial charge in [0.25, 0.3) is 0 Å². The molecule has 0 amide bonds. The fourth-order valence-corrected chi connectivity index (χ4v) is 0.803. The Labute approximate surface area is 57.8 Å². The summed E-state index contributed by atoms with van der Waals surface area (Å²) in [6, 6.07) is -0.0532. The van der Waals surface area contributed by atoms with Crippen LogP contribution >= 0.6 is 9.39 Å². The van der Waals surface area contributed by atoms with Crippen LogP contribution in [0.25, 0.3) is 0 Å². The highest BCUT2D eigenvalue weighted by Gasteiger charge is 2.08. The molecule has 0 heterocycles. The highest BCUT2D eigenvalue weighted by Crippen LogP contribution is 1.83. The number of carbonyl (C=O) groups excluding carboxylic acids is 1. The number of rotatable bonds is 4. The van der Waals surface area contributed by atoms with Gasteiger partial charge in [0, 0.05) is 6.54 Å². The second-order valence-corrected chi connectivity index (χ2v) is 2.27. The molecule has 9 heavy (non-hydrogen) atoms. The van der Waals surface area contributed by atoms with E-state index >= 15 is 0 Å². The van der Waals surface area contributed by atoms with Gasteiger partial charge in [-0.05, 0) is 14.0 Å². The van der Waals surface area contributed by atoms with E-state index in [0.29, 0.717) is 6.54 Å². The van der Waals surface area contributed by atoms with Crippen LogP contribution in [-0.4, -0.2) is 25.4 Å². The molecule has 2 N–H and O–H groups in total. The summed E-state index contributed by atoms with van der Waals surface area (Å²) in [7, 11) is 4.13. The van der Waals surface area contributed by atoms with Crippen molar-refractivity contribution in [3.63, 3.8) is 0 Å². The van der Waals surface area contributed by atoms with E-state index in [1.165, 1.54) is 0 Å². The summed E-state index contributed by atoms with van der Waals surface area (Å²) in [6.45, 7) is 2.24. The van der Waals surface area contributed by atoms with Crippen LogP contribution in [0.15, 0.2) is 0 Å². The van der Waals surface area contributed by atoms with Crippen molar-refractivity contribution in [1.82, 2.24) is 10.4 Å². The Balaban J connectivity index is 3.54. The molecule has 3 nitrogen and oxygen atoms in total. The molecule has 54 valence electrons. The quantitative estimate of drug-likeness (QED) is 0.530. The van der Waals surface area contributed by atoms with Crippen molar-refractivity contribution in [3.8, 4) is 0 Å². The standard InChI is InChI=1S/C5H13N2OP/c1-4(8)5(6-2)3-7-9/h5-7H,3,9H2,1-2H3. The normalized spacial score (nSPS) is 13.2. The largest absolute Gasteiger partial charge is 0.310 e.